The molecule has 0 radical (unpaired) electrons. The zero-order valence-electron chi connectivity index (χ0n) is 15.4. The molecule has 0 aliphatic carbocycles. The standard InChI is InChI=1S/C17H20N4O6/c1-5-14(16(22)18-15-8-10(2)27-19-15)26-17(23)11-6-7-12(20(3)4)13(9-11)21(24)25/h6-9,14H,5H2,1-4H3,(H,18,19,22). The van der Waals surface area contributed by atoms with Crippen molar-refractivity contribution in [1.29, 1.82) is 0 Å². The van der Waals surface area contributed by atoms with Crippen molar-refractivity contribution >= 4 is 29.1 Å². The summed E-state index contributed by atoms with van der Waals surface area (Å²) in [6, 6.07) is 5.52. The highest BCUT2D eigenvalue weighted by Gasteiger charge is 2.25. The lowest BCUT2D eigenvalue weighted by Gasteiger charge is -2.16. The number of nitrogens with zero attached hydrogens (tertiary/aromatic N) is 3. The summed E-state index contributed by atoms with van der Waals surface area (Å²) in [7, 11) is 3.31. The normalized spacial score (nSPS) is 11.6. The summed E-state index contributed by atoms with van der Waals surface area (Å²) in [6.07, 6.45) is -0.867. The van der Waals surface area contributed by atoms with Crippen LogP contribution in [0.3, 0.4) is 0 Å². The van der Waals surface area contributed by atoms with Crippen molar-refractivity contribution in [2.24, 2.45) is 0 Å². The number of hydrogen-bond acceptors (Lipinski definition) is 8. The number of nitro groups is 1. The summed E-state index contributed by atoms with van der Waals surface area (Å²) >= 11 is 0. The minimum Gasteiger partial charge on any atom is -0.449 e. The molecule has 0 spiro atoms. The van der Waals surface area contributed by atoms with E-state index >= 15 is 0 Å². The zero-order chi connectivity index (χ0) is 20.1. The molecule has 10 heteroatoms. The largest absolute Gasteiger partial charge is 0.449 e. The first-order valence-electron chi connectivity index (χ1n) is 8.13. The molecule has 1 aromatic carbocycles. The van der Waals surface area contributed by atoms with Gasteiger partial charge in [-0.25, -0.2) is 4.79 Å². The molecule has 0 aliphatic rings. The third kappa shape index (κ3) is 4.81. The van der Waals surface area contributed by atoms with Crippen molar-refractivity contribution in [3.8, 4) is 0 Å². The Morgan fingerprint density at radius 2 is 2.07 bits per heavy atom. The number of nitrogens with one attached hydrogen (secondary N) is 1. The van der Waals surface area contributed by atoms with E-state index in [9.17, 15) is 19.7 Å². The van der Waals surface area contributed by atoms with Crippen LogP contribution in [0, 0.1) is 17.0 Å². The lowest BCUT2D eigenvalue weighted by Crippen LogP contribution is -2.32. The summed E-state index contributed by atoms with van der Waals surface area (Å²) in [4.78, 5) is 36.8. The van der Waals surface area contributed by atoms with E-state index < -0.39 is 22.9 Å². The zero-order valence-corrected chi connectivity index (χ0v) is 15.4. The smallest absolute Gasteiger partial charge is 0.339 e. The van der Waals surface area contributed by atoms with Gasteiger partial charge in [-0.2, -0.15) is 0 Å². The Hall–Kier alpha value is -3.43. The van der Waals surface area contributed by atoms with Crippen LogP contribution in [0.15, 0.2) is 28.8 Å². The molecule has 1 atom stereocenters. The Balaban J connectivity index is 2.15. The van der Waals surface area contributed by atoms with E-state index in [1.807, 2.05) is 0 Å². The molecule has 2 rings (SSSR count). The van der Waals surface area contributed by atoms with Crippen LogP contribution in [0.5, 0.6) is 0 Å². The molecule has 10 nitrogen and oxygen atoms in total. The number of aryl methyl sites for hydroxylation is 1. The number of carbonyl (C=O) groups excluding carboxylic acids is 2. The van der Waals surface area contributed by atoms with Gasteiger partial charge in [0.25, 0.3) is 11.6 Å². The fourth-order valence-corrected chi connectivity index (χ4v) is 2.33. The maximum Gasteiger partial charge on any atom is 0.339 e. The molecule has 0 bridgehead atoms. The number of hydrogen-bond donors (Lipinski definition) is 1. The average molecular weight is 376 g/mol. The second-order valence-corrected chi connectivity index (χ2v) is 5.97. The van der Waals surface area contributed by atoms with Crippen LogP contribution in [0.2, 0.25) is 0 Å². The number of amides is 1. The van der Waals surface area contributed by atoms with E-state index in [-0.39, 0.29) is 23.5 Å². The van der Waals surface area contributed by atoms with Gasteiger partial charge in [0.1, 0.15) is 11.4 Å². The van der Waals surface area contributed by atoms with Crippen molar-refractivity contribution in [3.63, 3.8) is 0 Å². The number of carbonyl (C=O) groups is 2. The van der Waals surface area contributed by atoms with Crippen LogP contribution < -0.4 is 10.2 Å². The Morgan fingerprint density at radius 1 is 1.37 bits per heavy atom. The minimum absolute atomic E-state index is 0.0177. The molecule has 144 valence electrons. The maximum absolute atomic E-state index is 12.4. The third-order valence-electron chi connectivity index (χ3n) is 3.68. The fourth-order valence-electron chi connectivity index (χ4n) is 2.33. The minimum atomic E-state index is -1.08. The highest BCUT2D eigenvalue weighted by Crippen LogP contribution is 2.28. The summed E-state index contributed by atoms with van der Waals surface area (Å²) in [5.41, 5.74) is 0.101. The highest BCUT2D eigenvalue weighted by molar-refractivity contribution is 5.97. The summed E-state index contributed by atoms with van der Waals surface area (Å²) in [5.74, 6) is -0.679. The Morgan fingerprint density at radius 3 is 2.59 bits per heavy atom. The molecular weight excluding hydrogens is 356 g/mol. The molecular formula is C17H20N4O6. The molecule has 1 amide bonds. The molecule has 1 aromatic heterocycles. The summed E-state index contributed by atoms with van der Waals surface area (Å²) in [5, 5.41) is 17.4. The van der Waals surface area contributed by atoms with Crippen LogP contribution >= 0.6 is 0 Å². The number of rotatable bonds is 7. The van der Waals surface area contributed by atoms with E-state index in [4.69, 9.17) is 9.26 Å². The average Bonchev–Trinajstić information content (AvgIpc) is 3.03. The molecule has 0 saturated carbocycles. The van der Waals surface area contributed by atoms with Crippen LogP contribution in [0.4, 0.5) is 17.2 Å². The van der Waals surface area contributed by atoms with Gasteiger partial charge >= 0.3 is 5.97 Å². The van der Waals surface area contributed by atoms with Gasteiger partial charge in [-0.05, 0) is 25.5 Å². The number of anilines is 2. The van der Waals surface area contributed by atoms with Crippen LogP contribution in [-0.2, 0) is 9.53 Å². The second kappa shape index (κ2) is 8.30. The SMILES string of the molecule is CCC(OC(=O)c1ccc(N(C)C)c([N+](=O)[O-])c1)C(=O)Nc1cc(C)on1. The Kier molecular flexibility index (Phi) is 6.11. The summed E-state index contributed by atoms with van der Waals surface area (Å²) < 4.78 is 10.1. The molecule has 0 fully saturated rings. The van der Waals surface area contributed by atoms with E-state index in [1.165, 1.54) is 18.2 Å². The van der Waals surface area contributed by atoms with Crippen molar-refractivity contribution in [1.82, 2.24) is 5.16 Å². The molecule has 27 heavy (non-hydrogen) atoms. The molecule has 2 aromatic rings. The van der Waals surface area contributed by atoms with Crippen LogP contribution in [0.1, 0.15) is 29.5 Å². The van der Waals surface area contributed by atoms with Gasteiger partial charge in [0.05, 0.1) is 10.5 Å². The van der Waals surface area contributed by atoms with E-state index in [0.29, 0.717) is 11.4 Å². The van der Waals surface area contributed by atoms with Crippen LogP contribution in [-0.4, -0.2) is 42.2 Å². The van der Waals surface area contributed by atoms with Crippen molar-refractivity contribution in [3.05, 3.63) is 45.7 Å². The van der Waals surface area contributed by atoms with Gasteiger partial charge in [0.15, 0.2) is 11.9 Å². The summed E-state index contributed by atoms with van der Waals surface area (Å²) in [6.45, 7) is 3.34. The van der Waals surface area contributed by atoms with Gasteiger partial charge in [0, 0.05) is 26.2 Å². The number of ether oxygens (including phenoxy) is 1. The van der Waals surface area contributed by atoms with E-state index in [1.54, 1.807) is 32.8 Å². The first-order chi connectivity index (χ1) is 12.7. The number of nitro benzene ring substituents is 1. The third-order valence-corrected chi connectivity index (χ3v) is 3.68. The highest BCUT2D eigenvalue weighted by atomic mass is 16.6. The van der Waals surface area contributed by atoms with Gasteiger partial charge in [-0.15, -0.1) is 0 Å². The van der Waals surface area contributed by atoms with Crippen molar-refractivity contribution in [2.45, 2.75) is 26.4 Å². The molecule has 1 N–H and O–H groups in total. The fraction of sp³-hybridized carbons (Fsp3) is 0.353. The Labute approximate surface area is 155 Å². The van der Waals surface area contributed by atoms with Crippen molar-refractivity contribution in [2.75, 3.05) is 24.3 Å². The predicted octanol–water partition coefficient (Wildman–Crippen LogP) is 2.53. The number of esters is 1. The van der Waals surface area contributed by atoms with Crippen molar-refractivity contribution < 1.29 is 23.8 Å². The topological polar surface area (TPSA) is 128 Å². The predicted molar refractivity (Wildman–Crippen MR) is 96.8 cm³/mol. The Bertz CT molecular complexity index is 861. The monoisotopic (exact) mass is 376 g/mol. The lowest BCUT2D eigenvalue weighted by atomic mass is 10.1. The lowest BCUT2D eigenvalue weighted by molar-refractivity contribution is -0.384. The van der Waals surface area contributed by atoms with E-state index in [2.05, 4.69) is 10.5 Å². The molecule has 0 saturated heterocycles. The molecule has 0 aliphatic heterocycles. The van der Waals surface area contributed by atoms with Crippen LogP contribution in [0.25, 0.3) is 0 Å². The van der Waals surface area contributed by atoms with Gasteiger partial charge in [-0.1, -0.05) is 12.1 Å². The number of benzene rings is 1. The maximum atomic E-state index is 12.4. The second-order valence-electron chi connectivity index (χ2n) is 5.97. The van der Waals surface area contributed by atoms with E-state index in [0.717, 1.165) is 6.07 Å². The number of aromatic nitrogens is 1. The first kappa shape index (κ1) is 19.9. The quantitative estimate of drug-likeness (QED) is 0.443. The van der Waals surface area contributed by atoms with Gasteiger partial charge in [0.2, 0.25) is 0 Å². The molecule has 1 heterocycles. The van der Waals surface area contributed by atoms with Gasteiger partial charge in [-0.3, -0.25) is 14.9 Å². The van der Waals surface area contributed by atoms with Gasteiger partial charge < -0.3 is 19.5 Å². The molecule has 1 unspecified atom stereocenters. The first-order valence-corrected chi connectivity index (χ1v) is 8.13.